The van der Waals surface area contributed by atoms with Gasteiger partial charge in [-0.05, 0) is 0 Å². The number of aromatic amines is 1. The Balaban J connectivity index is 3.05. The Hall–Kier alpha value is -0.725. The first-order valence-electron chi connectivity index (χ1n) is 1.78. The monoisotopic (exact) mass is 80.1 g/mol. The minimum atomic E-state index is 0.787. The first kappa shape index (κ1) is 3.46. The number of hydrogen-bond donors (Lipinski definition) is 2. The number of nitrogens with two attached hydrogens (primary N) is 1. The second-order valence-corrected chi connectivity index (χ2v) is 1.14. The van der Waals surface area contributed by atoms with Gasteiger partial charge in [-0.15, -0.1) is 0 Å². The van der Waals surface area contributed by atoms with E-state index in [1.54, 1.807) is 19.3 Å². The zero-order chi connectivity index (χ0) is 4.41. The van der Waals surface area contributed by atoms with Crippen molar-refractivity contribution in [3.8, 4) is 0 Å². The molecule has 0 atom stereocenters. The van der Waals surface area contributed by atoms with Gasteiger partial charge < -0.3 is 0 Å². The molecule has 0 aliphatic carbocycles. The molecular weight excluding hydrogens is 74.9 g/mol. The van der Waals surface area contributed by atoms with Gasteiger partial charge in [0.05, 0.1) is 0 Å². The number of aromatic nitrogens is 1. The second-order valence-electron chi connectivity index (χ2n) is 1.14. The van der Waals surface area contributed by atoms with Crippen molar-refractivity contribution in [2.75, 3.05) is 5.73 Å². The van der Waals surface area contributed by atoms with Crippen LogP contribution in [0.5, 0.6) is 0 Å². The average molecular weight is 79.9 g/mol. The minimum absolute atomic E-state index is 0.787. The van der Waals surface area contributed by atoms with Crippen LogP contribution in [0, 0.1) is 0 Å². The van der Waals surface area contributed by atoms with Crippen LogP contribution in [0.25, 0.3) is 0 Å². The molecule has 1 aromatic rings. The van der Waals surface area contributed by atoms with E-state index in [2.05, 4.69) is 4.89 Å². The quantitative estimate of drug-likeness (QED) is 0.450. The van der Waals surface area contributed by atoms with Crippen LogP contribution in [0.3, 0.4) is 0 Å². The van der Waals surface area contributed by atoms with E-state index < -0.39 is 0 Å². The third-order valence-corrected chi connectivity index (χ3v) is 0.622. The van der Waals surface area contributed by atoms with Gasteiger partial charge in [0.15, 0.2) is 0 Å². The van der Waals surface area contributed by atoms with Crippen molar-refractivity contribution < 1.29 is 0 Å². The molecule has 0 aliphatic rings. The summed E-state index contributed by atoms with van der Waals surface area (Å²) >= 11 is 0. The molecule has 0 spiro atoms. The molecule has 1 aromatic heterocycles. The van der Waals surface area contributed by atoms with Crippen molar-refractivity contribution in [2.45, 2.75) is 0 Å². The predicted molar refractivity (Wildman–Crippen MR) is 26.6 cm³/mol. The van der Waals surface area contributed by atoms with E-state index in [1.807, 2.05) is 0 Å². The molecule has 0 unspecified atom stereocenters. The van der Waals surface area contributed by atoms with Gasteiger partial charge in [-0.2, -0.15) is 0 Å². The molecule has 3 heteroatoms. The van der Waals surface area contributed by atoms with Crippen LogP contribution in [0.1, 0.15) is 0 Å². The van der Waals surface area contributed by atoms with Gasteiger partial charge in [-0.1, -0.05) is 0 Å². The molecule has 0 saturated carbocycles. The Morgan fingerprint density at radius 3 is 2.83 bits per heavy atom. The normalized spacial score (nSPS) is 8.00. The predicted octanol–water partition coefficient (Wildman–Crippen LogP) is -0.0650. The van der Waals surface area contributed by atoms with Crippen LogP contribution in [0.4, 0.5) is 5.58 Å². The van der Waals surface area contributed by atoms with E-state index in [4.69, 9.17) is 5.73 Å². The summed E-state index contributed by atoms with van der Waals surface area (Å²) in [6, 6.07) is 1.81. The van der Waals surface area contributed by atoms with Gasteiger partial charge in [0.2, 0.25) is 0 Å². The molecule has 1 heterocycles. The molecule has 0 amide bonds. The maximum absolute atomic E-state index is 5.25. The van der Waals surface area contributed by atoms with Crippen LogP contribution < -0.4 is 5.73 Å². The van der Waals surface area contributed by atoms with Crippen LogP contribution >= 0.6 is 0 Å². The fourth-order valence-corrected chi connectivity index (χ4v) is 0.337. The number of H-pyrrole nitrogens is 1. The van der Waals surface area contributed by atoms with Crippen molar-refractivity contribution in [3.05, 3.63) is 12.3 Å². The zero-order valence-electron chi connectivity index (χ0n) is 3.31. The zero-order valence-corrected chi connectivity index (χ0v) is 3.31. The third-order valence-electron chi connectivity index (χ3n) is 0.622. The van der Waals surface area contributed by atoms with Crippen molar-refractivity contribution in [1.29, 1.82) is 0 Å². The number of rotatable bonds is 0. The van der Waals surface area contributed by atoms with Gasteiger partial charge in [-0.25, -0.2) is 0 Å². The van der Waals surface area contributed by atoms with Gasteiger partial charge in [-0.3, -0.25) is 0 Å². The molecule has 2 nitrogen and oxygen atoms in total. The Morgan fingerprint density at radius 1 is 1.83 bits per heavy atom. The summed E-state index contributed by atoms with van der Waals surface area (Å²) in [4.78, 5) is 2.80. The molecule has 0 fully saturated rings. The summed E-state index contributed by atoms with van der Waals surface area (Å²) in [7, 11) is 1.74. The second kappa shape index (κ2) is 1.16. The van der Waals surface area contributed by atoms with Crippen molar-refractivity contribution in [1.82, 2.24) is 4.89 Å². The summed E-state index contributed by atoms with van der Waals surface area (Å²) in [6.45, 7) is 0. The summed E-state index contributed by atoms with van der Waals surface area (Å²) in [6.07, 6.45) is 1.79. The molecule has 30 valence electrons. The fourth-order valence-electron chi connectivity index (χ4n) is 0.337. The van der Waals surface area contributed by atoms with Gasteiger partial charge in [0.1, 0.15) is 0 Å². The molecule has 0 bridgehead atoms. The van der Waals surface area contributed by atoms with E-state index in [-0.39, 0.29) is 0 Å². The van der Waals surface area contributed by atoms with E-state index in [1.165, 1.54) is 0 Å². The molecule has 3 N–H and O–H groups in total. The molecule has 0 aliphatic heterocycles. The number of nitrogens with one attached hydrogen (secondary N) is 1. The molecule has 6 heavy (non-hydrogen) atoms. The first-order chi connectivity index (χ1) is 2.89. The van der Waals surface area contributed by atoms with Gasteiger partial charge >= 0.3 is 35.5 Å². The third kappa shape index (κ3) is 0.430. The molecule has 1 rings (SSSR count). The van der Waals surface area contributed by atoms with Gasteiger partial charge in [0, 0.05) is 0 Å². The molecular formula is C3H5BN2. The molecule has 0 radical (unpaired) electrons. The SMILES string of the molecule is Nc1b[nH]cc1. The summed E-state index contributed by atoms with van der Waals surface area (Å²) in [5.74, 6) is 0. The fraction of sp³-hybridized carbons (Fsp3) is 0. The molecule has 0 aromatic carbocycles. The van der Waals surface area contributed by atoms with E-state index in [0.717, 1.165) is 5.58 Å². The standard InChI is InChI=1S/C3H5BN2/c5-3-1-2-6-4-3/h1-2,6H,5H2. The summed E-state index contributed by atoms with van der Waals surface area (Å²) in [5.41, 5.74) is 6.03. The number of anilines is 1. The average Bonchev–Trinajstić information content (AvgIpc) is 1.86. The van der Waals surface area contributed by atoms with Crippen LogP contribution in [-0.2, 0) is 0 Å². The Kier molecular flexibility index (Phi) is 0.672. The van der Waals surface area contributed by atoms with E-state index >= 15 is 0 Å². The number of nitrogen functional groups attached to an aromatic ring is 1. The molecule has 0 saturated heterocycles. The Bertz CT molecular complexity index is 112. The van der Waals surface area contributed by atoms with Crippen molar-refractivity contribution in [3.63, 3.8) is 0 Å². The van der Waals surface area contributed by atoms with Crippen molar-refractivity contribution in [2.24, 2.45) is 0 Å². The van der Waals surface area contributed by atoms with Crippen LogP contribution in [-0.4, -0.2) is 11.9 Å². The van der Waals surface area contributed by atoms with E-state index in [9.17, 15) is 0 Å². The topological polar surface area (TPSA) is 41.8 Å². The summed E-state index contributed by atoms with van der Waals surface area (Å²) < 4.78 is 0. The van der Waals surface area contributed by atoms with Crippen molar-refractivity contribution >= 4 is 12.6 Å². The maximum atomic E-state index is 5.25. The van der Waals surface area contributed by atoms with Crippen LogP contribution in [0.2, 0.25) is 0 Å². The first-order valence-corrected chi connectivity index (χ1v) is 1.78. The Labute approximate surface area is 36.6 Å². The number of hydrogen-bond acceptors (Lipinski definition) is 1. The summed E-state index contributed by atoms with van der Waals surface area (Å²) in [5, 5.41) is 0. The van der Waals surface area contributed by atoms with E-state index in [0.29, 0.717) is 0 Å². The van der Waals surface area contributed by atoms with Crippen LogP contribution in [0.15, 0.2) is 12.3 Å². The Morgan fingerprint density at radius 2 is 2.67 bits per heavy atom. The van der Waals surface area contributed by atoms with Gasteiger partial charge in [0.25, 0.3) is 0 Å².